The number of nitro groups is 2. The van der Waals surface area contributed by atoms with Gasteiger partial charge in [0.25, 0.3) is 11.4 Å². The SMILES string of the molecule is CC(C)C[C@H](Nc1ccc([N+](=O)[O-])cc1[N+](=O)[O-])C(N)=O. The number of nitrogens with one attached hydrogen (secondary N) is 1. The van der Waals surface area contributed by atoms with Crippen molar-refractivity contribution in [1.29, 1.82) is 0 Å². The number of carbonyl (C=O) groups is 1. The van der Waals surface area contributed by atoms with Crippen LogP contribution < -0.4 is 11.1 Å². The van der Waals surface area contributed by atoms with Crippen LogP contribution in [0, 0.1) is 26.1 Å². The fourth-order valence-electron chi connectivity index (χ4n) is 1.81. The molecule has 0 radical (unpaired) electrons. The summed E-state index contributed by atoms with van der Waals surface area (Å²) in [6, 6.07) is 2.38. The largest absolute Gasteiger partial charge is 0.368 e. The van der Waals surface area contributed by atoms with Crippen LogP contribution in [0.15, 0.2) is 18.2 Å². The Hall–Kier alpha value is -2.71. The number of nitrogens with zero attached hydrogens (tertiary/aromatic N) is 2. The Morgan fingerprint density at radius 2 is 1.90 bits per heavy atom. The maximum atomic E-state index is 11.4. The molecule has 3 N–H and O–H groups in total. The first kappa shape index (κ1) is 16.3. The number of amides is 1. The zero-order valence-electron chi connectivity index (χ0n) is 11.6. The zero-order valence-corrected chi connectivity index (χ0v) is 11.6. The first-order chi connectivity index (χ1) is 9.72. The topological polar surface area (TPSA) is 141 Å². The normalized spacial score (nSPS) is 12.0. The number of primary amides is 1. The van der Waals surface area contributed by atoms with E-state index in [1.54, 1.807) is 0 Å². The number of hydrogen-bond donors (Lipinski definition) is 2. The highest BCUT2D eigenvalue weighted by atomic mass is 16.6. The van der Waals surface area contributed by atoms with E-state index in [4.69, 9.17) is 5.73 Å². The van der Waals surface area contributed by atoms with Crippen molar-refractivity contribution in [1.82, 2.24) is 0 Å². The van der Waals surface area contributed by atoms with E-state index in [2.05, 4.69) is 5.32 Å². The number of anilines is 1. The molecule has 0 bridgehead atoms. The maximum absolute atomic E-state index is 11.4. The van der Waals surface area contributed by atoms with Gasteiger partial charge < -0.3 is 11.1 Å². The molecule has 0 saturated heterocycles. The number of benzene rings is 1. The van der Waals surface area contributed by atoms with E-state index in [1.165, 1.54) is 6.07 Å². The molecule has 9 heteroatoms. The molecular formula is C12H16N4O5. The number of carbonyl (C=O) groups excluding carboxylic acids is 1. The smallest absolute Gasteiger partial charge is 0.299 e. The van der Waals surface area contributed by atoms with E-state index >= 15 is 0 Å². The Balaban J connectivity index is 3.13. The summed E-state index contributed by atoms with van der Waals surface area (Å²) in [5, 5.41) is 24.3. The average Bonchev–Trinajstić information content (AvgIpc) is 2.37. The summed E-state index contributed by atoms with van der Waals surface area (Å²) in [5.41, 5.74) is 4.41. The average molecular weight is 296 g/mol. The molecule has 0 spiro atoms. The molecule has 0 aliphatic heterocycles. The summed E-state index contributed by atoms with van der Waals surface area (Å²) in [7, 11) is 0. The molecule has 0 aliphatic carbocycles. The quantitative estimate of drug-likeness (QED) is 0.580. The molecule has 0 saturated carbocycles. The van der Waals surface area contributed by atoms with Gasteiger partial charge in [0.1, 0.15) is 11.7 Å². The van der Waals surface area contributed by atoms with E-state index in [-0.39, 0.29) is 11.6 Å². The third-order valence-electron chi connectivity index (χ3n) is 2.77. The second-order valence-electron chi connectivity index (χ2n) is 4.94. The van der Waals surface area contributed by atoms with Crippen molar-refractivity contribution in [3.05, 3.63) is 38.4 Å². The van der Waals surface area contributed by atoms with Gasteiger partial charge in [-0.3, -0.25) is 25.0 Å². The summed E-state index contributed by atoms with van der Waals surface area (Å²) in [4.78, 5) is 31.6. The molecule has 0 unspecified atom stereocenters. The highest BCUT2D eigenvalue weighted by Gasteiger charge is 2.24. The van der Waals surface area contributed by atoms with Crippen molar-refractivity contribution < 1.29 is 14.6 Å². The number of rotatable bonds is 7. The molecule has 114 valence electrons. The van der Waals surface area contributed by atoms with E-state index in [1.807, 2.05) is 13.8 Å². The Morgan fingerprint density at radius 3 is 2.33 bits per heavy atom. The predicted octanol–water partition coefficient (Wildman–Crippen LogP) is 1.81. The van der Waals surface area contributed by atoms with E-state index in [9.17, 15) is 25.0 Å². The van der Waals surface area contributed by atoms with Crippen LogP contribution in [0.1, 0.15) is 20.3 Å². The number of hydrogen-bond acceptors (Lipinski definition) is 6. The zero-order chi connectivity index (χ0) is 16.2. The van der Waals surface area contributed by atoms with Gasteiger partial charge in [-0.05, 0) is 18.4 Å². The standard InChI is InChI=1S/C12H16N4O5/c1-7(2)5-10(12(13)17)14-9-4-3-8(15(18)19)6-11(9)16(20)21/h3-4,6-7,10,14H,5H2,1-2H3,(H2,13,17)/t10-/m0/s1. The van der Waals surface area contributed by atoms with Crippen LogP contribution in [-0.4, -0.2) is 21.8 Å². The third-order valence-corrected chi connectivity index (χ3v) is 2.77. The monoisotopic (exact) mass is 296 g/mol. The number of nitrogens with two attached hydrogens (primary N) is 1. The molecule has 1 rings (SSSR count). The molecular weight excluding hydrogens is 280 g/mol. The van der Waals surface area contributed by atoms with Gasteiger partial charge in [-0.1, -0.05) is 13.8 Å². The van der Waals surface area contributed by atoms with Gasteiger partial charge in [0.15, 0.2) is 0 Å². The molecule has 0 heterocycles. The summed E-state index contributed by atoms with van der Waals surface area (Å²) in [5.74, 6) is -0.497. The van der Waals surface area contributed by atoms with E-state index in [0.29, 0.717) is 6.42 Å². The van der Waals surface area contributed by atoms with Crippen LogP contribution in [0.2, 0.25) is 0 Å². The predicted molar refractivity (Wildman–Crippen MR) is 75.8 cm³/mol. The van der Waals surface area contributed by atoms with Crippen LogP contribution >= 0.6 is 0 Å². The minimum absolute atomic E-state index is 0.0232. The molecule has 0 aliphatic rings. The Morgan fingerprint density at radius 1 is 1.29 bits per heavy atom. The van der Waals surface area contributed by atoms with Crippen LogP contribution in [0.4, 0.5) is 17.1 Å². The number of nitro benzene ring substituents is 2. The summed E-state index contributed by atoms with van der Waals surface area (Å²) in [6.07, 6.45) is 0.392. The van der Waals surface area contributed by atoms with Crippen LogP contribution in [-0.2, 0) is 4.79 Å². The van der Waals surface area contributed by atoms with Crippen molar-refractivity contribution in [3.8, 4) is 0 Å². The van der Waals surface area contributed by atoms with Gasteiger partial charge in [-0.2, -0.15) is 0 Å². The Kier molecular flexibility index (Phi) is 5.17. The minimum atomic E-state index is -0.787. The molecule has 1 amide bonds. The fourth-order valence-corrected chi connectivity index (χ4v) is 1.81. The Bertz CT molecular complexity index is 573. The molecule has 9 nitrogen and oxygen atoms in total. The van der Waals surface area contributed by atoms with Crippen molar-refractivity contribution in [2.24, 2.45) is 11.7 Å². The molecule has 0 fully saturated rings. The van der Waals surface area contributed by atoms with Crippen molar-refractivity contribution >= 4 is 23.0 Å². The van der Waals surface area contributed by atoms with Gasteiger partial charge in [0.05, 0.1) is 15.9 Å². The highest BCUT2D eigenvalue weighted by Crippen LogP contribution is 2.30. The lowest BCUT2D eigenvalue weighted by molar-refractivity contribution is -0.393. The maximum Gasteiger partial charge on any atom is 0.299 e. The van der Waals surface area contributed by atoms with Crippen LogP contribution in [0.3, 0.4) is 0 Å². The molecule has 21 heavy (non-hydrogen) atoms. The third kappa shape index (κ3) is 4.41. The summed E-state index contributed by atoms with van der Waals surface area (Å²) in [6.45, 7) is 3.75. The Labute approximate surface area is 120 Å². The van der Waals surface area contributed by atoms with Crippen LogP contribution in [0.5, 0.6) is 0 Å². The lowest BCUT2D eigenvalue weighted by atomic mass is 10.0. The minimum Gasteiger partial charge on any atom is -0.368 e. The molecule has 1 aromatic carbocycles. The van der Waals surface area contributed by atoms with Gasteiger partial charge in [-0.25, -0.2) is 0 Å². The number of non-ortho nitro benzene ring substituents is 1. The van der Waals surface area contributed by atoms with Gasteiger partial charge in [0, 0.05) is 6.07 Å². The van der Waals surface area contributed by atoms with Crippen LogP contribution in [0.25, 0.3) is 0 Å². The van der Waals surface area contributed by atoms with Gasteiger partial charge >= 0.3 is 0 Å². The van der Waals surface area contributed by atoms with E-state index < -0.39 is 33.2 Å². The summed E-state index contributed by atoms with van der Waals surface area (Å²) < 4.78 is 0. The molecule has 1 aromatic rings. The van der Waals surface area contributed by atoms with E-state index in [0.717, 1.165) is 12.1 Å². The lowest BCUT2D eigenvalue weighted by Gasteiger charge is -2.18. The molecule has 1 atom stereocenters. The van der Waals surface area contributed by atoms with Crippen molar-refractivity contribution in [2.75, 3.05) is 5.32 Å². The summed E-state index contributed by atoms with van der Waals surface area (Å²) >= 11 is 0. The first-order valence-electron chi connectivity index (χ1n) is 6.21. The fraction of sp³-hybridized carbons (Fsp3) is 0.417. The van der Waals surface area contributed by atoms with Gasteiger partial charge in [0.2, 0.25) is 5.91 Å². The highest BCUT2D eigenvalue weighted by molar-refractivity contribution is 5.84. The molecule has 0 aromatic heterocycles. The van der Waals surface area contributed by atoms with Gasteiger partial charge in [-0.15, -0.1) is 0 Å². The van der Waals surface area contributed by atoms with Crippen molar-refractivity contribution in [3.63, 3.8) is 0 Å². The first-order valence-corrected chi connectivity index (χ1v) is 6.21. The second kappa shape index (κ2) is 6.64. The lowest BCUT2D eigenvalue weighted by Crippen LogP contribution is -2.36. The second-order valence-corrected chi connectivity index (χ2v) is 4.94. The van der Waals surface area contributed by atoms with Crippen molar-refractivity contribution in [2.45, 2.75) is 26.3 Å².